The Balaban J connectivity index is 0.000000177. The Hall–Kier alpha value is -9.42. The van der Waals surface area contributed by atoms with Gasteiger partial charge in [-0.15, -0.1) is 47.5 Å². The van der Waals surface area contributed by atoms with E-state index in [1.165, 1.54) is 71.2 Å². The molecule has 4 aliphatic carbocycles. The molecule has 8 aromatic rings. The van der Waals surface area contributed by atoms with E-state index in [0.717, 1.165) is 128 Å². The monoisotopic (exact) mass is 1850 g/mol. The molecule has 5 aromatic carbocycles. The lowest BCUT2D eigenvalue weighted by Gasteiger charge is -2.47. The van der Waals surface area contributed by atoms with Crippen LogP contribution in [0.5, 0.6) is 23.3 Å². The maximum Gasteiger partial charge on any atom is 0.286 e. The second-order valence-corrected chi connectivity index (χ2v) is 41.5. The number of rotatable bonds is 30. The van der Waals surface area contributed by atoms with Gasteiger partial charge in [-0.2, -0.15) is 22.3 Å². The lowest BCUT2D eigenvalue weighted by Crippen LogP contribution is -3.20. The average molecular weight is 1860 g/mol. The SMILES string of the molecule is C=CC1C[NH+]2CCC1CC2[C@H](O)c1ccnc2ccccc12.C=CC[C@H](C)C[S@@](=O)(CC(=O)c1cn(C)nc1OC)=NC(=O)c1ccc2c(c1)N(C[C@@H]1CC[C@H]1[C@H](C=C)OC)C[C@@]1(CCCc3cc(Cl)ccc31)CO2.C=CC[C@H](C)C[S@@](=O)(N=C([O-])c1cn(C)nc1OC)=NC(=O)c1ccc2c(c1)N(C[C@@H]1CC[C@H]1[C@H](C=C)OC)C[C@@]1(CCCc3cc(Cl)ccc31)CO2.S. The number of nitrogens with zero attached hydrogens (tertiary/aromatic N) is 10. The number of hydrogen-bond acceptors (Lipinski definition) is 18. The molecular formula is C100H125Cl2N11O13S3. The number of piperidine rings is 3. The van der Waals surface area contributed by atoms with E-state index >= 15 is 0 Å². The largest absolute Gasteiger partial charge is 0.857 e. The number of aliphatic hydroxyl groups is 1. The number of pyridine rings is 1. The van der Waals surface area contributed by atoms with Crippen molar-refractivity contribution in [3.8, 4) is 23.3 Å². The van der Waals surface area contributed by atoms with Crippen LogP contribution in [0.2, 0.25) is 10.0 Å². The van der Waals surface area contributed by atoms with E-state index in [1.54, 1.807) is 69.6 Å². The molecule has 2 saturated carbocycles. The maximum atomic E-state index is 14.6. The fourth-order valence-electron chi connectivity index (χ4n) is 21.1. The highest BCUT2D eigenvalue weighted by Gasteiger charge is 2.49. The molecule has 5 fully saturated rings. The average Bonchev–Trinajstić information content (AvgIpc) is 1.69. The minimum absolute atomic E-state index is 0. The molecule has 24 nitrogen and oxygen atoms in total. The van der Waals surface area contributed by atoms with Crippen LogP contribution in [0.3, 0.4) is 0 Å². The van der Waals surface area contributed by atoms with Crippen molar-refractivity contribution in [3.63, 3.8) is 0 Å². The van der Waals surface area contributed by atoms with E-state index in [-0.39, 0.29) is 93.9 Å². The van der Waals surface area contributed by atoms with Gasteiger partial charge in [0.15, 0.2) is 15.7 Å². The quantitative estimate of drug-likeness (QED) is 0.0183. The number of benzene rings is 5. The number of hydrogen-bond donors (Lipinski definition) is 2. The third kappa shape index (κ3) is 21.7. The number of quaternary nitrogens is 1. The number of aliphatic hydroxyl groups excluding tert-OH is 1. The van der Waals surface area contributed by atoms with E-state index in [2.05, 4.69) is 107 Å². The number of amides is 2. The number of carbonyl (C=O) groups excluding carboxylic acids is 3. The van der Waals surface area contributed by atoms with Gasteiger partial charge in [0.2, 0.25) is 11.8 Å². The molecule has 0 radical (unpaired) electrons. The Morgan fingerprint density at radius 1 is 0.682 bits per heavy atom. The van der Waals surface area contributed by atoms with Gasteiger partial charge in [-0.05, 0) is 219 Å². The number of aromatic nitrogens is 5. The topological polar surface area (TPSA) is 281 Å². The summed E-state index contributed by atoms with van der Waals surface area (Å²) in [5.41, 5.74) is 8.70. The summed E-state index contributed by atoms with van der Waals surface area (Å²) in [4.78, 5) is 52.4. The second kappa shape index (κ2) is 42.4. The van der Waals surface area contributed by atoms with Crippen LogP contribution in [0.25, 0.3) is 10.9 Å². The Morgan fingerprint density at radius 3 is 1.71 bits per heavy atom. The van der Waals surface area contributed by atoms with Crippen LogP contribution >= 0.6 is 36.7 Å². The zero-order chi connectivity index (χ0) is 90.9. The summed E-state index contributed by atoms with van der Waals surface area (Å²) >= 11 is 12.9. The van der Waals surface area contributed by atoms with E-state index < -0.39 is 55.0 Å². The van der Waals surface area contributed by atoms with Crippen LogP contribution in [0.1, 0.15) is 161 Å². The molecule has 5 aliphatic heterocycles. The normalized spacial score (nSPS) is 24.4. The van der Waals surface area contributed by atoms with Gasteiger partial charge < -0.3 is 53.3 Å². The summed E-state index contributed by atoms with van der Waals surface area (Å²) in [6.45, 7) is 29.5. The van der Waals surface area contributed by atoms with Crippen molar-refractivity contribution in [2.24, 2.45) is 74.6 Å². The van der Waals surface area contributed by atoms with Crippen LogP contribution < -0.4 is 38.8 Å². The molecule has 17 rings (SSSR count). The standard InChI is InChI=1S/C41H51ClN4O6S.C40H50ClN5O6S.C19H22N2O.H2S/c1-7-10-27(3)23-53(49,24-36(47)33-22-45(4)43-40(33)51-6)44-39(48)29-13-17-38-35(20-29)46(21-30-12-15-32(30)37(8-2)50-5)25-41(26-52-38)18-9-11-28-19-31(42)14-16-34(28)41;1-7-10-26(3)23-53(49,44-38(48)32-22-45(4)42-39(32)51-6)43-37(47)28-13-17-36-34(20-28)46(21-29-12-15-31(29)35(8-2)50-5)24-40(25-52-36)18-9-11-27-19-30(41)14-16-33(27)40;1-2-13-12-21-10-8-14(13)11-18(21)19(22)16-7-9-20-17-6-4-3-5-15(16)17;/h7-8,13-14,16-17,19-20,22,27,30,32,37H,1-2,9-12,15,18,21,23-26H2,3-6H3;7-8,13-14,16-17,19-20,22,26,29,31,35H,1-2,9-12,15,18,21,23-25H2,3-6H3,(H,43,44,47,48,49);2-7,9,13-14,18-19,22H,1,8,10-12H2;1H2/t27-,30-,32+,37-,41-,53+;26-,29-,31+,35-,40-,53-;13?,14?,18?,19-;/m001./s1. The van der Waals surface area contributed by atoms with Gasteiger partial charge in [0, 0.05) is 141 Å². The fourth-order valence-corrected chi connectivity index (χ4v) is 25.6. The smallest absolute Gasteiger partial charge is 0.286 e. The number of allylic oxidation sites excluding steroid dienone is 2. The number of ether oxygens (including phenoxy) is 6. The molecular weight excluding hydrogens is 1730 g/mol. The number of carbonyl (C=O) groups is 3. The molecule has 29 heteroatoms. The minimum atomic E-state index is -3.73. The summed E-state index contributed by atoms with van der Waals surface area (Å²) in [5, 5.41) is 35.2. The third-order valence-electron chi connectivity index (χ3n) is 27.7. The van der Waals surface area contributed by atoms with Crippen LogP contribution in [-0.4, -0.2) is 178 Å². The lowest BCUT2D eigenvalue weighted by molar-refractivity contribution is -0.949. The fraction of sp³-hybridized carbons (Fsp3) is 0.470. The second-order valence-electron chi connectivity index (χ2n) is 36.4. The zero-order valence-corrected chi connectivity index (χ0v) is 79.6. The molecule has 9 aliphatic rings. The molecule has 8 heterocycles. The van der Waals surface area contributed by atoms with Crippen molar-refractivity contribution < 1.29 is 66.3 Å². The number of methoxy groups -OCH3 is 4. The molecule has 2 spiro atoms. The van der Waals surface area contributed by atoms with E-state index in [9.17, 15) is 33.0 Å². The van der Waals surface area contributed by atoms with Gasteiger partial charge >= 0.3 is 0 Å². The summed E-state index contributed by atoms with van der Waals surface area (Å²) in [5.74, 6) is 0.671. The Morgan fingerprint density at radius 2 is 1.21 bits per heavy atom. The highest BCUT2D eigenvalue weighted by molar-refractivity contribution is 7.94. The summed E-state index contributed by atoms with van der Waals surface area (Å²) in [6, 6.07) is 33.3. The number of anilines is 2. The van der Waals surface area contributed by atoms with E-state index in [4.69, 9.17) is 51.6 Å². The number of Topliss-reactive ketones (excluding diaryl/α,β-unsaturated/α-hetero) is 1. The van der Waals surface area contributed by atoms with Crippen molar-refractivity contribution in [1.82, 2.24) is 24.5 Å². The van der Waals surface area contributed by atoms with Gasteiger partial charge in [0.1, 0.15) is 29.2 Å². The predicted molar refractivity (Wildman–Crippen MR) is 516 cm³/mol. The Kier molecular flexibility index (Phi) is 31.9. The first-order valence-corrected chi connectivity index (χ1v) is 49.0. The van der Waals surface area contributed by atoms with Crippen LogP contribution in [0.4, 0.5) is 11.4 Å². The Bertz CT molecular complexity index is 5760. The summed E-state index contributed by atoms with van der Waals surface area (Å²) in [6.07, 6.45) is 27.1. The van der Waals surface area contributed by atoms with Crippen molar-refractivity contribution >= 4 is 102 Å². The number of ketones is 1. The van der Waals surface area contributed by atoms with Crippen molar-refractivity contribution in [2.75, 3.05) is 108 Å². The molecule has 2 N–H and O–H groups in total. The van der Waals surface area contributed by atoms with Gasteiger partial charge in [0.25, 0.3) is 11.8 Å². The number of para-hydroxylation sites is 1. The summed E-state index contributed by atoms with van der Waals surface area (Å²) < 4.78 is 79.9. The molecule has 690 valence electrons. The molecule has 4 unspecified atom stereocenters. The molecule has 129 heavy (non-hydrogen) atoms. The van der Waals surface area contributed by atoms with Crippen molar-refractivity contribution in [3.05, 3.63) is 245 Å². The van der Waals surface area contributed by atoms with E-state index in [0.29, 0.717) is 92.2 Å². The first-order chi connectivity index (χ1) is 61.6. The minimum Gasteiger partial charge on any atom is -0.857 e. The van der Waals surface area contributed by atoms with Crippen molar-refractivity contribution in [2.45, 2.75) is 139 Å². The molecule has 3 saturated heterocycles. The summed E-state index contributed by atoms with van der Waals surface area (Å²) in [7, 11) is 2.48. The third-order valence-corrected chi connectivity index (χ3v) is 32.4. The zero-order valence-electron chi connectivity index (χ0n) is 75.5. The number of aryl methyl sites for hydroxylation is 4. The van der Waals surface area contributed by atoms with Crippen molar-refractivity contribution in [1.29, 1.82) is 0 Å². The highest BCUT2D eigenvalue weighted by atomic mass is 35.5. The van der Waals surface area contributed by atoms with E-state index in [1.807, 2.05) is 80.7 Å². The maximum absolute atomic E-state index is 14.6. The highest BCUT2D eigenvalue weighted by Crippen LogP contribution is 2.50. The van der Waals surface area contributed by atoms with Crippen LogP contribution in [0, 0.1) is 47.3 Å². The lowest BCUT2D eigenvalue weighted by atomic mass is 9.68. The molecule has 2 bridgehead atoms. The molecule has 17 atom stereocenters. The molecule has 2 amide bonds. The number of fused-ring (bicyclic) bond motifs is 10. The van der Waals surface area contributed by atoms with Crippen LogP contribution in [-0.2, 0) is 66.9 Å². The number of halogens is 2. The molecule has 3 aromatic heterocycles. The van der Waals surface area contributed by atoms with Gasteiger partial charge in [-0.3, -0.25) is 28.7 Å². The Labute approximate surface area is 777 Å². The number of nitrogens with one attached hydrogen (secondary N) is 1. The first-order valence-electron chi connectivity index (χ1n) is 44.7. The first kappa shape index (κ1) is 97.1. The predicted octanol–water partition coefficient (Wildman–Crippen LogP) is 15.7. The van der Waals surface area contributed by atoms with Gasteiger partial charge in [-0.25, -0.2) is 8.42 Å². The van der Waals surface area contributed by atoms with Crippen LogP contribution in [0.15, 0.2) is 198 Å². The van der Waals surface area contributed by atoms with Gasteiger partial charge in [-0.1, -0.05) is 97.8 Å². The van der Waals surface area contributed by atoms with Gasteiger partial charge in [0.05, 0.1) is 96.4 Å².